The van der Waals surface area contributed by atoms with Crippen LogP contribution in [0, 0.1) is 0 Å². The summed E-state index contributed by atoms with van der Waals surface area (Å²) in [7, 11) is -3.65. The number of rotatable bonds is 11. The molecule has 11 heteroatoms. The highest BCUT2D eigenvalue weighted by Gasteiger charge is 2.23. The van der Waals surface area contributed by atoms with Gasteiger partial charge in [0, 0.05) is 44.2 Å². The van der Waals surface area contributed by atoms with Crippen molar-refractivity contribution in [3.05, 3.63) is 53.9 Å². The molecule has 0 spiro atoms. The number of carbonyl (C=O) groups is 1. The van der Waals surface area contributed by atoms with Gasteiger partial charge in [0.15, 0.2) is 0 Å². The summed E-state index contributed by atoms with van der Waals surface area (Å²) >= 11 is 1.77. The molecule has 9 nitrogen and oxygen atoms in total. The first-order valence-electron chi connectivity index (χ1n) is 13.4. The summed E-state index contributed by atoms with van der Waals surface area (Å²) in [4.78, 5) is 22.2. The molecule has 1 aromatic heterocycles. The van der Waals surface area contributed by atoms with Gasteiger partial charge in [-0.05, 0) is 59.2 Å². The maximum absolute atomic E-state index is 13.1. The third kappa shape index (κ3) is 7.97. The fourth-order valence-electron chi connectivity index (χ4n) is 4.80. The lowest BCUT2D eigenvalue weighted by atomic mass is 9.92. The Morgan fingerprint density at radius 2 is 1.64 bits per heavy atom. The minimum Gasteiger partial charge on any atom is -0.383 e. The number of nitrogens with one attached hydrogen (secondary N) is 1. The molecule has 1 N–H and O–H groups in total. The molecule has 4 rings (SSSR count). The van der Waals surface area contributed by atoms with E-state index in [0.717, 1.165) is 72.6 Å². The standard InChI is InChI=1S/C28H39N5O4S2/c1-20(2)23-16-22(37-39(5,35)36)17-24(21(3)4)28(23)30-27(34)18-32-12-10-31(11-13-32)14-15-38-33-19-29-25-8-6-7-9-26(25)33/h6-9,16-17,19-21H,10-15,18H2,1-5H3,(H,30,34). The number of piperazine rings is 1. The van der Waals surface area contributed by atoms with Crippen molar-refractivity contribution in [1.29, 1.82) is 0 Å². The van der Waals surface area contributed by atoms with Crippen molar-refractivity contribution in [1.82, 2.24) is 18.8 Å². The molecular formula is C28H39N5O4S2. The number of benzene rings is 2. The number of para-hydroxylation sites is 2. The zero-order chi connectivity index (χ0) is 28.2. The van der Waals surface area contributed by atoms with Gasteiger partial charge in [0.05, 0.1) is 23.8 Å². The molecule has 2 aromatic carbocycles. The molecule has 1 aliphatic rings. The molecule has 39 heavy (non-hydrogen) atoms. The predicted molar refractivity (Wildman–Crippen MR) is 159 cm³/mol. The first-order chi connectivity index (χ1) is 18.5. The highest BCUT2D eigenvalue weighted by Crippen LogP contribution is 2.37. The van der Waals surface area contributed by atoms with Gasteiger partial charge in [-0.2, -0.15) is 8.42 Å². The van der Waals surface area contributed by atoms with E-state index in [9.17, 15) is 13.2 Å². The predicted octanol–water partition coefficient (Wildman–Crippen LogP) is 4.37. The Morgan fingerprint density at radius 3 is 2.26 bits per heavy atom. The largest absolute Gasteiger partial charge is 0.383 e. The first-order valence-corrected chi connectivity index (χ1v) is 16.1. The van der Waals surface area contributed by atoms with E-state index in [1.54, 1.807) is 24.1 Å². The molecule has 0 aliphatic carbocycles. The molecule has 1 amide bonds. The van der Waals surface area contributed by atoms with Crippen molar-refractivity contribution in [2.75, 3.05) is 56.6 Å². The van der Waals surface area contributed by atoms with Crippen molar-refractivity contribution < 1.29 is 17.4 Å². The molecule has 212 valence electrons. The van der Waals surface area contributed by atoms with Crippen LogP contribution < -0.4 is 9.50 Å². The normalized spacial score (nSPS) is 15.4. The number of imidazole rings is 1. The second kappa shape index (κ2) is 12.7. The summed E-state index contributed by atoms with van der Waals surface area (Å²) in [6, 6.07) is 11.6. The molecule has 0 radical (unpaired) electrons. The van der Waals surface area contributed by atoms with Crippen molar-refractivity contribution in [2.24, 2.45) is 0 Å². The first kappa shape index (κ1) is 29.4. The topological polar surface area (TPSA) is 96.8 Å². The summed E-state index contributed by atoms with van der Waals surface area (Å²) in [5.41, 5.74) is 4.63. The number of hydrogen-bond donors (Lipinski definition) is 1. The van der Waals surface area contributed by atoms with Gasteiger partial charge in [0.25, 0.3) is 0 Å². The van der Waals surface area contributed by atoms with E-state index in [1.165, 1.54) is 0 Å². The van der Waals surface area contributed by atoms with E-state index in [-0.39, 0.29) is 23.5 Å². The molecular weight excluding hydrogens is 534 g/mol. The van der Waals surface area contributed by atoms with Gasteiger partial charge in [0.1, 0.15) is 12.1 Å². The molecule has 0 saturated carbocycles. The van der Waals surface area contributed by atoms with E-state index >= 15 is 0 Å². The summed E-state index contributed by atoms with van der Waals surface area (Å²) in [6.07, 6.45) is 2.92. The van der Waals surface area contributed by atoms with Crippen LogP contribution in [0.2, 0.25) is 0 Å². The molecule has 3 aromatic rings. The summed E-state index contributed by atoms with van der Waals surface area (Å²) in [5, 5.41) is 3.14. The zero-order valence-electron chi connectivity index (χ0n) is 23.4. The highest BCUT2D eigenvalue weighted by atomic mass is 32.2. The number of nitrogens with zero attached hydrogens (tertiary/aromatic N) is 4. The Morgan fingerprint density at radius 1 is 1.03 bits per heavy atom. The van der Waals surface area contributed by atoms with Crippen LogP contribution in [0.4, 0.5) is 5.69 Å². The fraction of sp³-hybridized carbons (Fsp3) is 0.500. The lowest BCUT2D eigenvalue weighted by Gasteiger charge is -2.34. The molecule has 1 fully saturated rings. The maximum atomic E-state index is 13.1. The van der Waals surface area contributed by atoms with Gasteiger partial charge < -0.3 is 9.50 Å². The Bertz CT molecular complexity index is 1370. The fourth-order valence-corrected chi connectivity index (χ4v) is 6.19. The quantitative estimate of drug-likeness (QED) is 0.338. The molecule has 0 bridgehead atoms. The average molecular weight is 574 g/mol. The minimum absolute atomic E-state index is 0.0634. The van der Waals surface area contributed by atoms with Crippen LogP contribution in [-0.2, 0) is 14.9 Å². The van der Waals surface area contributed by atoms with Gasteiger partial charge in [-0.1, -0.05) is 39.8 Å². The van der Waals surface area contributed by atoms with Crippen molar-refractivity contribution in [3.63, 3.8) is 0 Å². The number of anilines is 1. The van der Waals surface area contributed by atoms with Gasteiger partial charge in [-0.25, -0.2) is 4.98 Å². The van der Waals surface area contributed by atoms with Crippen molar-refractivity contribution >= 4 is 44.7 Å². The van der Waals surface area contributed by atoms with Gasteiger partial charge in [-0.15, -0.1) is 0 Å². The Labute approximate surface area is 236 Å². The highest BCUT2D eigenvalue weighted by molar-refractivity contribution is 7.98. The van der Waals surface area contributed by atoms with Crippen LogP contribution in [0.1, 0.15) is 50.7 Å². The Balaban J connectivity index is 1.31. The number of carbonyl (C=O) groups excluding carboxylic acids is 1. The lowest BCUT2D eigenvalue weighted by Crippen LogP contribution is -2.49. The minimum atomic E-state index is -3.65. The molecule has 0 atom stereocenters. The van der Waals surface area contributed by atoms with Crippen LogP contribution in [-0.4, -0.2) is 84.4 Å². The summed E-state index contributed by atoms with van der Waals surface area (Å²) < 4.78 is 30.8. The second-order valence-corrected chi connectivity index (χ2v) is 13.3. The number of hydrogen-bond acceptors (Lipinski definition) is 8. The van der Waals surface area contributed by atoms with Crippen molar-refractivity contribution in [3.8, 4) is 5.75 Å². The van der Waals surface area contributed by atoms with E-state index < -0.39 is 10.1 Å². The van der Waals surface area contributed by atoms with Crippen LogP contribution in [0.5, 0.6) is 5.75 Å². The van der Waals surface area contributed by atoms with Crippen LogP contribution in [0.15, 0.2) is 42.7 Å². The van der Waals surface area contributed by atoms with Gasteiger partial charge in [-0.3, -0.25) is 18.6 Å². The molecule has 2 heterocycles. The smallest absolute Gasteiger partial charge is 0.306 e. The van der Waals surface area contributed by atoms with Crippen LogP contribution in [0.3, 0.4) is 0 Å². The number of fused-ring (bicyclic) bond motifs is 1. The third-order valence-electron chi connectivity index (χ3n) is 6.82. The maximum Gasteiger partial charge on any atom is 0.306 e. The molecule has 1 saturated heterocycles. The number of aromatic nitrogens is 2. The molecule has 0 unspecified atom stereocenters. The Kier molecular flexibility index (Phi) is 9.58. The van der Waals surface area contributed by atoms with E-state index in [2.05, 4.69) is 30.1 Å². The van der Waals surface area contributed by atoms with E-state index in [4.69, 9.17) is 4.18 Å². The lowest BCUT2D eigenvalue weighted by molar-refractivity contribution is -0.117. The Hall–Kier alpha value is -2.60. The summed E-state index contributed by atoms with van der Waals surface area (Å²) in [6.45, 7) is 12.9. The van der Waals surface area contributed by atoms with E-state index in [0.29, 0.717) is 6.54 Å². The zero-order valence-corrected chi connectivity index (χ0v) is 25.0. The van der Waals surface area contributed by atoms with Gasteiger partial charge >= 0.3 is 10.1 Å². The number of amides is 1. The second-order valence-electron chi connectivity index (χ2n) is 10.6. The third-order valence-corrected chi connectivity index (χ3v) is 8.25. The average Bonchev–Trinajstić information content (AvgIpc) is 3.27. The monoisotopic (exact) mass is 573 g/mol. The van der Waals surface area contributed by atoms with E-state index in [1.807, 2.05) is 52.2 Å². The summed E-state index contributed by atoms with van der Waals surface area (Å²) in [5.74, 6) is 1.32. The van der Waals surface area contributed by atoms with Crippen LogP contribution >= 0.6 is 11.9 Å². The van der Waals surface area contributed by atoms with Gasteiger partial charge in [0.2, 0.25) is 5.91 Å². The van der Waals surface area contributed by atoms with Crippen LogP contribution in [0.25, 0.3) is 11.0 Å². The SMILES string of the molecule is CC(C)c1cc(OS(C)(=O)=O)cc(C(C)C)c1NC(=O)CN1CCN(CCSn2cnc3ccccc32)CC1. The molecule has 1 aliphatic heterocycles. The van der Waals surface area contributed by atoms with Crippen molar-refractivity contribution in [2.45, 2.75) is 39.5 Å².